The number of pyridine rings is 1. The largest absolute Gasteiger partial charge is 0.477 e. The minimum Gasteiger partial charge on any atom is -0.477 e. The lowest BCUT2D eigenvalue weighted by Crippen LogP contribution is -2.48. The zero-order chi connectivity index (χ0) is 25.7. The summed E-state index contributed by atoms with van der Waals surface area (Å²) in [5, 5.41) is 11.7. The first-order chi connectivity index (χ1) is 17.9. The highest BCUT2D eigenvalue weighted by Gasteiger charge is 2.28. The van der Waals surface area contributed by atoms with E-state index in [2.05, 4.69) is 4.90 Å². The number of fused-ring (bicyclic) bond motifs is 2. The van der Waals surface area contributed by atoms with E-state index in [-0.39, 0.29) is 22.8 Å². The maximum Gasteiger partial charge on any atom is 0.341 e. The Morgan fingerprint density at radius 1 is 0.946 bits per heavy atom. The summed E-state index contributed by atoms with van der Waals surface area (Å²) in [5.74, 6) is -1.80. The third-order valence-corrected chi connectivity index (χ3v) is 7.42. The Morgan fingerprint density at radius 2 is 1.68 bits per heavy atom. The van der Waals surface area contributed by atoms with Crippen LogP contribution in [0.25, 0.3) is 21.7 Å². The van der Waals surface area contributed by atoms with Crippen LogP contribution in [0.2, 0.25) is 0 Å². The van der Waals surface area contributed by atoms with Crippen molar-refractivity contribution in [1.82, 2.24) is 9.47 Å². The van der Waals surface area contributed by atoms with Crippen molar-refractivity contribution in [2.45, 2.75) is 18.9 Å². The first kappa shape index (κ1) is 23.4. The van der Waals surface area contributed by atoms with Crippen molar-refractivity contribution < 1.29 is 19.1 Å². The molecule has 0 amide bonds. The lowest BCUT2D eigenvalue weighted by atomic mass is 10.0. The van der Waals surface area contributed by atoms with Gasteiger partial charge in [-0.25, -0.2) is 9.18 Å². The number of ketones is 1. The second-order valence-electron chi connectivity index (χ2n) is 9.88. The number of nitrogens with zero attached hydrogens (tertiary/aromatic N) is 3. The quantitative estimate of drug-likeness (QED) is 0.398. The van der Waals surface area contributed by atoms with Gasteiger partial charge in [0.25, 0.3) is 0 Å². The molecule has 2 heterocycles. The molecule has 7 nitrogen and oxygen atoms in total. The standard InChI is InChI=1S/C29H26FN3O4/c30-24-14-22-25(33(21-7-8-21)16-23(28(22)35)29(36)37)15-26(24)32-11-9-31(10-12-32)17-27(34)20-6-5-18-3-1-2-4-19(18)13-20/h1-6,13-16,21H,7-12,17H2,(H,36,37). The molecule has 0 atom stereocenters. The highest BCUT2D eigenvalue weighted by Crippen LogP contribution is 2.38. The molecule has 1 saturated carbocycles. The van der Waals surface area contributed by atoms with E-state index < -0.39 is 17.2 Å². The van der Waals surface area contributed by atoms with Gasteiger partial charge >= 0.3 is 5.97 Å². The number of aromatic carboxylic acids is 1. The molecule has 37 heavy (non-hydrogen) atoms. The number of benzene rings is 3. The Morgan fingerprint density at radius 3 is 2.38 bits per heavy atom. The smallest absolute Gasteiger partial charge is 0.341 e. The van der Waals surface area contributed by atoms with Gasteiger partial charge < -0.3 is 14.6 Å². The molecule has 1 N–H and O–H groups in total. The van der Waals surface area contributed by atoms with E-state index in [0.29, 0.717) is 49.5 Å². The first-order valence-electron chi connectivity index (χ1n) is 12.5. The van der Waals surface area contributed by atoms with Gasteiger partial charge in [-0.1, -0.05) is 36.4 Å². The van der Waals surface area contributed by atoms with Crippen LogP contribution < -0.4 is 10.3 Å². The van der Waals surface area contributed by atoms with Crippen molar-refractivity contribution in [3.63, 3.8) is 0 Å². The average molecular weight is 500 g/mol. The van der Waals surface area contributed by atoms with Crippen molar-refractivity contribution in [2.24, 2.45) is 0 Å². The van der Waals surface area contributed by atoms with Crippen LogP contribution in [0.5, 0.6) is 0 Å². The molecular weight excluding hydrogens is 473 g/mol. The van der Waals surface area contributed by atoms with E-state index in [9.17, 15) is 19.5 Å². The summed E-state index contributed by atoms with van der Waals surface area (Å²) in [6.45, 7) is 2.57. The number of Topliss-reactive ketones (excluding diaryl/α,β-unsaturated/α-hetero) is 1. The predicted molar refractivity (Wildman–Crippen MR) is 140 cm³/mol. The molecule has 8 heteroatoms. The average Bonchev–Trinajstić information content (AvgIpc) is 3.74. The molecule has 0 bridgehead atoms. The van der Waals surface area contributed by atoms with Crippen LogP contribution in [0.3, 0.4) is 0 Å². The Labute approximate surface area is 212 Å². The lowest BCUT2D eigenvalue weighted by molar-refractivity contribution is 0.0694. The van der Waals surface area contributed by atoms with Crippen LogP contribution in [0, 0.1) is 5.82 Å². The number of rotatable bonds is 6. The number of anilines is 1. The molecule has 1 aliphatic carbocycles. The Balaban J connectivity index is 1.20. The summed E-state index contributed by atoms with van der Waals surface area (Å²) >= 11 is 0. The van der Waals surface area contributed by atoms with E-state index in [1.165, 1.54) is 12.3 Å². The number of hydrogen-bond acceptors (Lipinski definition) is 5. The van der Waals surface area contributed by atoms with Crippen LogP contribution in [-0.2, 0) is 0 Å². The monoisotopic (exact) mass is 499 g/mol. The number of aromatic nitrogens is 1. The van der Waals surface area contributed by atoms with E-state index >= 15 is 4.39 Å². The van der Waals surface area contributed by atoms with Crippen molar-refractivity contribution in [2.75, 3.05) is 37.6 Å². The molecular formula is C29H26FN3O4. The third kappa shape index (κ3) is 4.38. The van der Waals surface area contributed by atoms with Gasteiger partial charge in [0.05, 0.1) is 17.7 Å². The molecule has 188 valence electrons. The Bertz CT molecular complexity index is 1620. The van der Waals surface area contributed by atoms with Crippen molar-refractivity contribution in [1.29, 1.82) is 0 Å². The number of piperazine rings is 1. The SMILES string of the molecule is O=C(CN1CCN(c2cc3c(cc2F)c(=O)c(C(=O)O)cn3C2CC2)CC1)c1ccc2ccccc2c1. The number of carboxylic acid groups (broad SMARTS) is 1. The first-order valence-corrected chi connectivity index (χ1v) is 12.5. The van der Waals surface area contributed by atoms with Gasteiger partial charge in [-0.15, -0.1) is 0 Å². The van der Waals surface area contributed by atoms with Crippen LogP contribution >= 0.6 is 0 Å². The van der Waals surface area contributed by atoms with Gasteiger partial charge in [0, 0.05) is 49.4 Å². The fourth-order valence-electron chi connectivity index (χ4n) is 5.21. The minimum absolute atomic E-state index is 0.0544. The van der Waals surface area contributed by atoms with Gasteiger partial charge in [0.15, 0.2) is 5.78 Å². The van der Waals surface area contributed by atoms with E-state index in [1.807, 2.05) is 51.9 Å². The summed E-state index contributed by atoms with van der Waals surface area (Å²) in [5.41, 5.74) is 0.631. The van der Waals surface area contributed by atoms with Crippen LogP contribution in [0.1, 0.15) is 39.6 Å². The zero-order valence-electron chi connectivity index (χ0n) is 20.2. The zero-order valence-corrected chi connectivity index (χ0v) is 20.2. The molecule has 0 spiro atoms. The second kappa shape index (κ2) is 9.12. The third-order valence-electron chi connectivity index (χ3n) is 7.42. The van der Waals surface area contributed by atoms with Gasteiger partial charge in [-0.05, 0) is 41.8 Å². The molecule has 1 aromatic heterocycles. The number of carboxylic acids is 1. The summed E-state index contributed by atoms with van der Waals surface area (Å²) in [7, 11) is 0. The lowest BCUT2D eigenvalue weighted by Gasteiger charge is -2.36. The molecule has 1 saturated heterocycles. The van der Waals surface area contributed by atoms with Crippen LogP contribution in [0.15, 0.2) is 65.6 Å². The topological polar surface area (TPSA) is 82.8 Å². The summed E-state index contributed by atoms with van der Waals surface area (Å²) in [4.78, 5) is 41.2. The molecule has 2 fully saturated rings. The summed E-state index contributed by atoms with van der Waals surface area (Å²) in [6.07, 6.45) is 3.18. The maximum atomic E-state index is 15.2. The number of carbonyl (C=O) groups excluding carboxylic acids is 1. The Kier molecular flexibility index (Phi) is 5.76. The number of hydrogen-bond donors (Lipinski definition) is 1. The van der Waals surface area contributed by atoms with E-state index in [1.54, 1.807) is 6.07 Å². The highest BCUT2D eigenvalue weighted by atomic mass is 19.1. The maximum absolute atomic E-state index is 15.2. The van der Waals surface area contributed by atoms with E-state index in [4.69, 9.17) is 0 Å². The molecule has 3 aromatic carbocycles. The minimum atomic E-state index is -1.31. The molecule has 6 rings (SSSR count). The van der Waals surface area contributed by atoms with Crippen molar-refractivity contribution in [3.8, 4) is 0 Å². The van der Waals surface area contributed by atoms with Crippen molar-refractivity contribution in [3.05, 3.63) is 88.0 Å². The Hall–Kier alpha value is -4.04. The summed E-state index contributed by atoms with van der Waals surface area (Å²) in [6, 6.07) is 16.7. The second-order valence-corrected chi connectivity index (χ2v) is 9.88. The summed E-state index contributed by atoms with van der Waals surface area (Å²) < 4.78 is 17.0. The normalized spacial score (nSPS) is 16.4. The van der Waals surface area contributed by atoms with Gasteiger partial charge in [0.1, 0.15) is 11.4 Å². The van der Waals surface area contributed by atoms with Crippen LogP contribution in [-0.4, -0.2) is 59.0 Å². The molecule has 2 aliphatic rings. The molecule has 0 unspecified atom stereocenters. The van der Waals surface area contributed by atoms with E-state index in [0.717, 1.165) is 23.6 Å². The fourth-order valence-corrected chi connectivity index (χ4v) is 5.21. The van der Waals surface area contributed by atoms with Crippen molar-refractivity contribution >= 4 is 39.1 Å². The molecule has 4 aromatic rings. The van der Waals surface area contributed by atoms with Gasteiger partial charge in [0.2, 0.25) is 5.43 Å². The number of halogens is 1. The number of carbonyl (C=O) groups is 2. The molecule has 0 radical (unpaired) electrons. The molecule has 1 aliphatic heterocycles. The van der Waals surface area contributed by atoms with Gasteiger partial charge in [-0.3, -0.25) is 14.5 Å². The predicted octanol–water partition coefficient (Wildman–Crippen LogP) is 4.33. The fraction of sp³-hybridized carbons (Fsp3) is 0.276. The highest BCUT2D eigenvalue weighted by molar-refractivity contribution is 6.01. The van der Waals surface area contributed by atoms with Gasteiger partial charge in [-0.2, -0.15) is 0 Å². The van der Waals surface area contributed by atoms with Crippen LogP contribution in [0.4, 0.5) is 10.1 Å².